The van der Waals surface area contributed by atoms with Gasteiger partial charge in [0.2, 0.25) is 0 Å². The molecule has 0 unspecified atom stereocenters. The van der Waals surface area contributed by atoms with Crippen LogP contribution in [0.3, 0.4) is 0 Å². The SMILES string of the molecule is C1=Cc2ccccc2OC1.OO. The van der Waals surface area contributed by atoms with Gasteiger partial charge >= 0.3 is 0 Å². The molecular formula is C9H10O3. The van der Waals surface area contributed by atoms with E-state index in [1.54, 1.807) is 0 Å². The molecule has 0 bridgehead atoms. The summed E-state index contributed by atoms with van der Waals surface area (Å²) in [7, 11) is 0. The average molecular weight is 166 g/mol. The molecule has 0 spiro atoms. The summed E-state index contributed by atoms with van der Waals surface area (Å²) in [6.45, 7) is 0.705. The van der Waals surface area contributed by atoms with Crippen molar-refractivity contribution in [3.05, 3.63) is 35.9 Å². The van der Waals surface area contributed by atoms with Crippen LogP contribution in [0.15, 0.2) is 30.3 Å². The van der Waals surface area contributed by atoms with Gasteiger partial charge in [-0.15, -0.1) is 0 Å². The van der Waals surface area contributed by atoms with E-state index in [9.17, 15) is 0 Å². The predicted molar refractivity (Wildman–Crippen MR) is 46.2 cm³/mol. The van der Waals surface area contributed by atoms with Crippen molar-refractivity contribution in [1.29, 1.82) is 0 Å². The van der Waals surface area contributed by atoms with E-state index in [0.29, 0.717) is 6.61 Å². The molecule has 1 aliphatic rings. The molecule has 3 heteroatoms. The highest BCUT2D eigenvalue weighted by Gasteiger charge is 2.01. The Kier molecular flexibility index (Phi) is 3.32. The molecule has 1 aromatic rings. The molecular weight excluding hydrogens is 156 g/mol. The topological polar surface area (TPSA) is 49.7 Å². The van der Waals surface area contributed by atoms with Gasteiger partial charge in [0.05, 0.1) is 0 Å². The minimum absolute atomic E-state index is 0.705. The van der Waals surface area contributed by atoms with Gasteiger partial charge in [-0.05, 0) is 12.1 Å². The number of benzene rings is 1. The van der Waals surface area contributed by atoms with Gasteiger partial charge in [0.1, 0.15) is 12.4 Å². The molecule has 0 fully saturated rings. The van der Waals surface area contributed by atoms with Gasteiger partial charge in [-0.3, -0.25) is 10.5 Å². The molecule has 1 aromatic carbocycles. The Labute approximate surface area is 70.5 Å². The average Bonchev–Trinajstić information content (AvgIpc) is 2.21. The number of rotatable bonds is 0. The fourth-order valence-corrected chi connectivity index (χ4v) is 1.06. The predicted octanol–water partition coefficient (Wildman–Crippen LogP) is 2.11. The molecule has 0 aromatic heterocycles. The molecule has 12 heavy (non-hydrogen) atoms. The lowest BCUT2D eigenvalue weighted by Gasteiger charge is -2.10. The first-order valence-electron chi connectivity index (χ1n) is 3.55. The third-order valence-corrected chi connectivity index (χ3v) is 1.55. The molecule has 0 atom stereocenters. The molecule has 0 saturated heterocycles. The van der Waals surface area contributed by atoms with Crippen molar-refractivity contribution in [2.75, 3.05) is 6.61 Å². The Morgan fingerprint density at radius 1 is 1.17 bits per heavy atom. The molecule has 2 N–H and O–H groups in total. The zero-order valence-corrected chi connectivity index (χ0v) is 6.47. The van der Waals surface area contributed by atoms with Crippen molar-refractivity contribution < 1.29 is 15.3 Å². The van der Waals surface area contributed by atoms with Crippen LogP contribution in [0.4, 0.5) is 0 Å². The van der Waals surface area contributed by atoms with Crippen molar-refractivity contribution in [3.63, 3.8) is 0 Å². The number of hydrogen-bond acceptors (Lipinski definition) is 3. The standard InChI is InChI=1S/C9H8O.H2O2/c1-2-6-9-8(4-1)5-3-7-10-9;1-2/h1-6H,7H2;1-2H. The van der Waals surface area contributed by atoms with Crippen molar-refractivity contribution in [3.8, 4) is 5.75 Å². The Bertz CT molecular complexity index is 268. The normalized spacial score (nSPS) is 12.2. The highest BCUT2D eigenvalue weighted by molar-refractivity contribution is 5.58. The summed E-state index contributed by atoms with van der Waals surface area (Å²) >= 11 is 0. The summed E-state index contributed by atoms with van der Waals surface area (Å²) in [5.41, 5.74) is 1.17. The van der Waals surface area contributed by atoms with Crippen LogP contribution in [0.2, 0.25) is 0 Å². The fraction of sp³-hybridized carbons (Fsp3) is 0.111. The van der Waals surface area contributed by atoms with Crippen LogP contribution in [0, 0.1) is 0 Å². The first-order valence-corrected chi connectivity index (χ1v) is 3.55. The van der Waals surface area contributed by atoms with Gasteiger partial charge in [-0.25, -0.2) is 0 Å². The molecule has 0 saturated carbocycles. The summed E-state index contributed by atoms with van der Waals surface area (Å²) in [5.74, 6) is 0.991. The molecule has 0 aliphatic carbocycles. The molecule has 1 heterocycles. The molecule has 64 valence electrons. The summed E-state index contributed by atoms with van der Waals surface area (Å²) < 4.78 is 5.34. The fourth-order valence-electron chi connectivity index (χ4n) is 1.06. The number of ether oxygens (including phenoxy) is 1. The number of para-hydroxylation sites is 1. The maximum Gasteiger partial charge on any atom is 0.126 e. The molecule has 2 rings (SSSR count). The van der Waals surface area contributed by atoms with Crippen LogP contribution in [0.25, 0.3) is 6.08 Å². The van der Waals surface area contributed by atoms with Crippen molar-refractivity contribution in [1.82, 2.24) is 0 Å². The van der Waals surface area contributed by atoms with Crippen LogP contribution < -0.4 is 4.74 Å². The molecule has 0 radical (unpaired) electrons. The minimum Gasteiger partial charge on any atom is -0.489 e. The Hall–Kier alpha value is -1.32. The number of fused-ring (bicyclic) bond motifs is 1. The summed E-state index contributed by atoms with van der Waals surface area (Å²) in [6.07, 6.45) is 4.10. The van der Waals surface area contributed by atoms with Crippen molar-refractivity contribution in [2.45, 2.75) is 0 Å². The van der Waals surface area contributed by atoms with E-state index in [1.807, 2.05) is 30.3 Å². The molecule has 3 nitrogen and oxygen atoms in total. The van der Waals surface area contributed by atoms with Crippen LogP contribution in [0.5, 0.6) is 5.75 Å². The summed E-state index contributed by atoms with van der Waals surface area (Å²) in [4.78, 5) is 0. The van der Waals surface area contributed by atoms with Crippen LogP contribution >= 0.6 is 0 Å². The minimum atomic E-state index is 0.705. The van der Waals surface area contributed by atoms with Gasteiger partial charge in [0.25, 0.3) is 0 Å². The van der Waals surface area contributed by atoms with E-state index in [0.717, 1.165) is 5.75 Å². The Balaban J connectivity index is 0.000000336. The second-order valence-electron chi connectivity index (χ2n) is 2.25. The van der Waals surface area contributed by atoms with Gasteiger partial charge in [-0.1, -0.05) is 24.3 Å². The van der Waals surface area contributed by atoms with Gasteiger partial charge in [0.15, 0.2) is 0 Å². The van der Waals surface area contributed by atoms with Crippen LogP contribution in [0.1, 0.15) is 5.56 Å². The van der Waals surface area contributed by atoms with Crippen molar-refractivity contribution >= 4 is 6.08 Å². The quantitative estimate of drug-likeness (QED) is 0.458. The van der Waals surface area contributed by atoms with E-state index >= 15 is 0 Å². The monoisotopic (exact) mass is 166 g/mol. The van der Waals surface area contributed by atoms with E-state index in [1.165, 1.54) is 5.56 Å². The second-order valence-corrected chi connectivity index (χ2v) is 2.25. The molecule has 0 amide bonds. The third kappa shape index (κ3) is 1.84. The lowest BCUT2D eigenvalue weighted by molar-refractivity contribution is -0.176. The van der Waals surface area contributed by atoms with E-state index in [-0.39, 0.29) is 0 Å². The largest absolute Gasteiger partial charge is 0.489 e. The zero-order chi connectivity index (χ0) is 8.81. The van der Waals surface area contributed by atoms with E-state index in [2.05, 4.69) is 6.08 Å². The summed E-state index contributed by atoms with van der Waals surface area (Å²) in [5, 5.41) is 12.0. The van der Waals surface area contributed by atoms with Gasteiger partial charge in [-0.2, -0.15) is 0 Å². The zero-order valence-electron chi connectivity index (χ0n) is 6.47. The van der Waals surface area contributed by atoms with E-state index in [4.69, 9.17) is 15.3 Å². The molecule has 1 aliphatic heterocycles. The highest BCUT2D eigenvalue weighted by atomic mass is 17.0. The van der Waals surface area contributed by atoms with Gasteiger partial charge in [0, 0.05) is 5.56 Å². The smallest absolute Gasteiger partial charge is 0.126 e. The Morgan fingerprint density at radius 3 is 2.67 bits per heavy atom. The lowest BCUT2D eigenvalue weighted by Crippen LogP contribution is -1.98. The van der Waals surface area contributed by atoms with Gasteiger partial charge < -0.3 is 4.74 Å². The third-order valence-electron chi connectivity index (χ3n) is 1.55. The van der Waals surface area contributed by atoms with Crippen LogP contribution in [-0.4, -0.2) is 17.1 Å². The summed E-state index contributed by atoms with van der Waals surface area (Å²) in [6, 6.07) is 8.03. The van der Waals surface area contributed by atoms with Crippen molar-refractivity contribution in [2.24, 2.45) is 0 Å². The first kappa shape index (κ1) is 8.77. The Morgan fingerprint density at radius 2 is 1.92 bits per heavy atom. The lowest BCUT2D eigenvalue weighted by atomic mass is 10.1. The first-order chi connectivity index (χ1) is 5.97. The maximum atomic E-state index is 6.00. The maximum absolute atomic E-state index is 6.00. The second kappa shape index (κ2) is 4.54. The highest BCUT2D eigenvalue weighted by Crippen LogP contribution is 2.21. The number of hydrogen-bond donors (Lipinski definition) is 2. The van der Waals surface area contributed by atoms with E-state index < -0.39 is 0 Å². The van der Waals surface area contributed by atoms with Crippen LogP contribution in [-0.2, 0) is 0 Å².